The molecule has 0 saturated carbocycles. The monoisotopic (exact) mass is 376 g/mol. The lowest BCUT2D eigenvalue weighted by Gasteiger charge is -2.08. The summed E-state index contributed by atoms with van der Waals surface area (Å²) in [4.78, 5) is 27.1. The van der Waals surface area contributed by atoms with Gasteiger partial charge in [-0.2, -0.15) is 0 Å². The molecule has 0 fully saturated rings. The Morgan fingerprint density at radius 2 is 1.72 bits per heavy atom. The highest BCUT2D eigenvalue weighted by molar-refractivity contribution is 6.35. The average Bonchev–Trinajstić information content (AvgIpc) is 2.58. The first kappa shape index (κ1) is 17.2. The third kappa shape index (κ3) is 3.90. The quantitative estimate of drug-likeness (QED) is 0.693. The third-order valence-corrected chi connectivity index (χ3v) is 4.05. The molecule has 0 aliphatic carbocycles. The number of aromatic amines is 1. The summed E-state index contributed by atoms with van der Waals surface area (Å²) in [5.41, 5.74) is 0.756. The molecule has 0 atom stereocenters. The molecule has 4 nitrogen and oxygen atoms in total. The van der Waals surface area contributed by atoms with Gasteiger partial charge >= 0.3 is 0 Å². The Labute approximate surface area is 152 Å². The SMILES string of the molecule is O=C(Nc1cc(Cl)ccc1Cl)c1ccc(-c2ccc(F)cc2)[nH]c1=O. The largest absolute Gasteiger partial charge is 0.321 e. The van der Waals surface area contributed by atoms with E-state index in [1.54, 1.807) is 18.2 Å². The summed E-state index contributed by atoms with van der Waals surface area (Å²) in [6.07, 6.45) is 0. The first-order chi connectivity index (χ1) is 11.9. The van der Waals surface area contributed by atoms with E-state index in [1.807, 2.05) is 0 Å². The van der Waals surface area contributed by atoms with Crippen LogP contribution in [0.15, 0.2) is 59.4 Å². The number of amides is 1. The van der Waals surface area contributed by atoms with Crippen LogP contribution >= 0.6 is 23.2 Å². The molecule has 7 heteroatoms. The van der Waals surface area contributed by atoms with Crippen molar-refractivity contribution in [1.29, 1.82) is 0 Å². The molecule has 1 heterocycles. The molecule has 0 aliphatic heterocycles. The van der Waals surface area contributed by atoms with Gasteiger partial charge in [0.15, 0.2) is 0 Å². The zero-order chi connectivity index (χ0) is 18.0. The fourth-order valence-electron chi connectivity index (χ4n) is 2.23. The first-order valence-corrected chi connectivity index (χ1v) is 7.95. The molecule has 0 bridgehead atoms. The van der Waals surface area contributed by atoms with Crippen LogP contribution < -0.4 is 10.9 Å². The lowest BCUT2D eigenvalue weighted by atomic mass is 10.1. The Morgan fingerprint density at radius 1 is 1.00 bits per heavy atom. The number of benzene rings is 2. The number of halogens is 3. The number of carbonyl (C=O) groups is 1. The van der Waals surface area contributed by atoms with E-state index in [0.29, 0.717) is 27.0 Å². The maximum absolute atomic E-state index is 13.0. The van der Waals surface area contributed by atoms with Crippen LogP contribution in [0.3, 0.4) is 0 Å². The molecule has 1 amide bonds. The van der Waals surface area contributed by atoms with E-state index in [9.17, 15) is 14.0 Å². The van der Waals surface area contributed by atoms with Crippen molar-refractivity contribution in [3.05, 3.63) is 86.4 Å². The van der Waals surface area contributed by atoms with E-state index < -0.39 is 11.5 Å². The minimum atomic E-state index is -0.615. The van der Waals surface area contributed by atoms with Crippen molar-refractivity contribution in [2.24, 2.45) is 0 Å². The van der Waals surface area contributed by atoms with Crippen LogP contribution in [0, 0.1) is 5.82 Å². The normalized spacial score (nSPS) is 10.5. The highest BCUT2D eigenvalue weighted by Crippen LogP contribution is 2.25. The average molecular weight is 377 g/mol. The molecule has 0 radical (unpaired) electrons. The van der Waals surface area contributed by atoms with Crippen molar-refractivity contribution in [1.82, 2.24) is 4.98 Å². The highest BCUT2D eigenvalue weighted by atomic mass is 35.5. The van der Waals surface area contributed by atoms with E-state index >= 15 is 0 Å². The summed E-state index contributed by atoms with van der Waals surface area (Å²) in [5.74, 6) is -0.989. The Morgan fingerprint density at radius 3 is 2.40 bits per heavy atom. The van der Waals surface area contributed by atoms with Crippen LogP contribution in [-0.4, -0.2) is 10.9 Å². The topological polar surface area (TPSA) is 62.0 Å². The van der Waals surface area contributed by atoms with Crippen LogP contribution in [-0.2, 0) is 0 Å². The van der Waals surface area contributed by atoms with Gasteiger partial charge in [0.1, 0.15) is 11.4 Å². The van der Waals surface area contributed by atoms with E-state index in [1.165, 1.54) is 36.4 Å². The molecule has 0 saturated heterocycles. The van der Waals surface area contributed by atoms with E-state index in [4.69, 9.17) is 23.2 Å². The van der Waals surface area contributed by atoms with Crippen molar-refractivity contribution in [3.63, 3.8) is 0 Å². The van der Waals surface area contributed by atoms with Gasteiger partial charge in [-0.05, 0) is 60.2 Å². The smallest absolute Gasteiger partial charge is 0.261 e. The number of aromatic nitrogens is 1. The Hall–Kier alpha value is -2.63. The van der Waals surface area contributed by atoms with Gasteiger partial charge in [-0.25, -0.2) is 4.39 Å². The predicted molar refractivity (Wildman–Crippen MR) is 96.9 cm³/mol. The van der Waals surface area contributed by atoms with E-state index in [-0.39, 0.29) is 11.4 Å². The minimum Gasteiger partial charge on any atom is -0.321 e. The predicted octanol–water partition coefficient (Wildman–Crippen LogP) is 4.74. The lowest BCUT2D eigenvalue weighted by molar-refractivity contribution is 0.102. The molecule has 2 aromatic carbocycles. The van der Waals surface area contributed by atoms with Gasteiger partial charge in [0.2, 0.25) is 0 Å². The zero-order valence-electron chi connectivity index (χ0n) is 12.6. The molecule has 2 N–H and O–H groups in total. The highest BCUT2D eigenvalue weighted by Gasteiger charge is 2.13. The molecule has 3 aromatic rings. The number of anilines is 1. The molecule has 25 heavy (non-hydrogen) atoms. The van der Waals surface area contributed by atoms with Crippen LogP contribution in [0.25, 0.3) is 11.3 Å². The van der Waals surface area contributed by atoms with Crippen molar-refractivity contribution in [3.8, 4) is 11.3 Å². The molecular formula is C18H11Cl2FN2O2. The van der Waals surface area contributed by atoms with Gasteiger partial charge in [-0.1, -0.05) is 23.2 Å². The molecule has 0 aliphatic rings. The summed E-state index contributed by atoms with van der Waals surface area (Å²) in [6, 6.07) is 13.2. The van der Waals surface area contributed by atoms with Crippen molar-refractivity contribution in [2.45, 2.75) is 0 Å². The molecule has 0 spiro atoms. The standard InChI is InChI=1S/C18H11Cl2FN2O2/c19-11-3-7-14(20)16(9-11)23-18(25)13-6-8-15(22-17(13)24)10-1-4-12(21)5-2-10/h1-9H,(H,22,24)(H,23,25). The minimum absolute atomic E-state index is 0.0816. The number of carbonyl (C=O) groups excluding carboxylic acids is 1. The number of rotatable bonds is 3. The third-order valence-electron chi connectivity index (χ3n) is 3.49. The summed E-state index contributed by atoms with van der Waals surface area (Å²) in [7, 11) is 0. The number of H-pyrrole nitrogens is 1. The molecular weight excluding hydrogens is 366 g/mol. The van der Waals surface area contributed by atoms with Crippen LogP contribution in [0.1, 0.15) is 10.4 Å². The summed E-state index contributed by atoms with van der Waals surface area (Å²) in [5, 5.41) is 3.26. The Bertz CT molecular complexity index is 1000. The molecule has 3 rings (SSSR count). The summed E-state index contributed by atoms with van der Waals surface area (Å²) < 4.78 is 13.0. The first-order valence-electron chi connectivity index (χ1n) is 7.20. The zero-order valence-corrected chi connectivity index (χ0v) is 14.2. The van der Waals surface area contributed by atoms with Gasteiger partial charge in [0.05, 0.1) is 10.7 Å². The van der Waals surface area contributed by atoms with Crippen LogP contribution in [0.4, 0.5) is 10.1 Å². The van der Waals surface area contributed by atoms with Crippen molar-refractivity contribution >= 4 is 34.8 Å². The van der Waals surface area contributed by atoms with Crippen LogP contribution in [0.2, 0.25) is 10.0 Å². The van der Waals surface area contributed by atoms with E-state index in [0.717, 1.165) is 0 Å². The van der Waals surface area contributed by atoms with E-state index in [2.05, 4.69) is 10.3 Å². The Kier molecular flexibility index (Phi) is 4.88. The summed E-state index contributed by atoms with van der Waals surface area (Å²) >= 11 is 11.9. The maximum Gasteiger partial charge on any atom is 0.261 e. The second-order valence-corrected chi connectivity index (χ2v) is 6.04. The second-order valence-electron chi connectivity index (χ2n) is 5.20. The number of nitrogens with one attached hydrogen (secondary N) is 2. The number of hydrogen-bond acceptors (Lipinski definition) is 2. The fourth-order valence-corrected chi connectivity index (χ4v) is 2.57. The molecule has 1 aromatic heterocycles. The van der Waals surface area contributed by atoms with Gasteiger partial charge in [-0.3, -0.25) is 9.59 Å². The van der Waals surface area contributed by atoms with Gasteiger partial charge in [0.25, 0.3) is 11.5 Å². The Balaban J connectivity index is 1.88. The summed E-state index contributed by atoms with van der Waals surface area (Å²) in [6.45, 7) is 0. The fraction of sp³-hybridized carbons (Fsp3) is 0. The van der Waals surface area contributed by atoms with Crippen molar-refractivity contribution in [2.75, 3.05) is 5.32 Å². The van der Waals surface area contributed by atoms with Crippen LogP contribution in [0.5, 0.6) is 0 Å². The molecule has 126 valence electrons. The second kappa shape index (κ2) is 7.09. The lowest BCUT2D eigenvalue weighted by Crippen LogP contribution is -2.23. The number of pyridine rings is 1. The van der Waals surface area contributed by atoms with Gasteiger partial charge in [-0.15, -0.1) is 0 Å². The van der Waals surface area contributed by atoms with Gasteiger partial charge < -0.3 is 10.3 Å². The molecule has 0 unspecified atom stereocenters. The van der Waals surface area contributed by atoms with Gasteiger partial charge in [0, 0.05) is 10.7 Å². The number of hydrogen-bond donors (Lipinski definition) is 2. The maximum atomic E-state index is 13.0. The van der Waals surface area contributed by atoms with Crippen molar-refractivity contribution < 1.29 is 9.18 Å².